The van der Waals surface area contributed by atoms with E-state index in [0.717, 1.165) is 17.6 Å². The van der Waals surface area contributed by atoms with E-state index >= 15 is 0 Å². The van der Waals surface area contributed by atoms with Crippen LogP contribution in [-0.2, 0) is 11.4 Å². The minimum absolute atomic E-state index is 0.183. The van der Waals surface area contributed by atoms with Crippen molar-refractivity contribution in [3.8, 4) is 0 Å². The number of fused-ring (bicyclic) bond motifs is 1. The standard InChI is InChI=1S/C16H16N4O2/c21-16(20-7-3-9-22-20)14-10-13(17-18-14)11-19-8-6-12-4-1-2-5-15(12)19/h1-2,4-6,8,10H,3,7,9,11H2,(H,17,18). The molecule has 1 aromatic carbocycles. The number of carbonyl (C=O) groups is 1. The van der Waals surface area contributed by atoms with E-state index in [1.165, 1.54) is 10.4 Å². The molecule has 1 fully saturated rings. The van der Waals surface area contributed by atoms with Gasteiger partial charge in [0.2, 0.25) is 0 Å². The summed E-state index contributed by atoms with van der Waals surface area (Å²) >= 11 is 0. The monoisotopic (exact) mass is 296 g/mol. The molecular weight excluding hydrogens is 280 g/mol. The van der Waals surface area contributed by atoms with Crippen LogP contribution < -0.4 is 0 Å². The van der Waals surface area contributed by atoms with Crippen LogP contribution in [0.4, 0.5) is 0 Å². The van der Waals surface area contributed by atoms with Gasteiger partial charge in [0.05, 0.1) is 25.4 Å². The molecule has 6 nitrogen and oxygen atoms in total. The van der Waals surface area contributed by atoms with E-state index in [4.69, 9.17) is 4.84 Å². The van der Waals surface area contributed by atoms with Gasteiger partial charge in [-0.25, -0.2) is 5.06 Å². The second-order valence-corrected chi connectivity index (χ2v) is 5.37. The third kappa shape index (κ3) is 2.27. The molecular formula is C16H16N4O2. The molecule has 112 valence electrons. The van der Waals surface area contributed by atoms with E-state index in [9.17, 15) is 4.79 Å². The van der Waals surface area contributed by atoms with Crippen LogP contribution in [0.15, 0.2) is 42.6 Å². The first kappa shape index (κ1) is 13.1. The Balaban J connectivity index is 1.55. The van der Waals surface area contributed by atoms with E-state index in [2.05, 4.69) is 33.0 Å². The van der Waals surface area contributed by atoms with Crippen molar-refractivity contribution in [3.63, 3.8) is 0 Å². The molecule has 3 heterocycles. The van der Waals surface area contributed by atoms with Crippen LogP contribution in [0.5, 0.6) is 0 Å². The summed E-state index contributed by atoms with van der Waals surface area (Å²) in [7, 11) is 0. The molecule has 0 aliphatic carbocycles. The highest BCUT2D eigenvalue weighted by Gasteiger charge is 2.23. The van der Waals surface area contributed by atoms with E-state index < -0.39 is 0 Å². The highest BCUT2D eigenvalue weighted by atomic mass is 16.7. The molecule has 1 amide bonds. The van der Waals surface area contributed by atoms with Crippen LogP contribution in [0.3, 0.4) is 0 Å². The number of nitrogens with zero attached hydrogens (tertiary/aromatic N) is 3. The molecule has 0 unspecified atom stereocenters. The molecule has 6 heteroatoms. The minimum Gasteiger partial charge on any atom is -0.341 e. The maximum Gasteiger partial charge on any atom is 0.297 e. The molecule has 0 spiro atoms. The fourth-order valence-corrected chi connectivity index (χ4v) is 2.75. The summed E-state index contributed by atoms with van der Waals surface area (Å²) < 4.78 is 2.13. The lowest BCUT2D eigenvalue weighted by Gasteiger charge is -2.11. The summed E-state index contributed by atoms with van der Waals surface area (Å²) in [6.07, 6.45) is 2.91. The van der Waals surface area contributed by atoms with Gasteiger partial charge >= 0.3 is 0 Å². The van der Waals surface area contributed by atoms with Gasteiger partial charge in [-0.1, -0.05) is 18.2 Å². The van der Waals surface area contributed by atoms with E-state index in [1.54, 1.807) is 6.07 Å². The zero-order valence-corrected chi connectivity index (χ0v) is 12.0. The number of amides is 1. The predicted molar refractivity (Wildman–Crippen MR) is 81.2 cm³/mol. The second-order valence-electron chi connectivity index (χ2n) is 5.37. The average Bonchev–Trinajstić information content (AvgIpc) is 3.28. The number of aromatic nitrogens is 3. The Morgan fingerprint density at radius 1 is 1.32 bits per heavy atom. The fraction of sp³-hybridized carbons (Fsp3) is 0.250. The van der Waals surface area contributed by atoms with Gasteiger partial charge in [-0.05, 0) is 30.0 Å². The van der Waals surface area contributed by atoms with Crippen molar-refractivity contribution in [2.45, 2.75) is 13.0 Å². The highest BCUT2D eigenvalue weighted by molar-refractivity contribution is 5.91. The number of rotatable bonds is 3. The lowest BCUT2D eigenvalue weighted by molar-refractivity contribution is -0.0771. The van der Waals surface area contributed by atoms with E-state index in [0.29, 0.717) is 25.4 Å². The van der Waals surface area contributed by atoms with Crippen molar-refractivity contribution in [1.82, 2.24) is 19.8 Å². The number of nitrogens with one attached hydrogen (secondary N) is 1. The Hall–Kier alpha value is -2.60. The second kappa shape index (κ2) is 5.31. The quantitative estimate of drug-likeness (QED) is 0.806. The lowest BCUT2D eigenvalue weighted by atomic mass is 10.2. The van der Waals surface area contributed by atoms with Crippen LogP contribution in [-0.4, -0.2) is 38.9 Å². The van der Waals surface area contributed by atoms with E-state index in [1.807, 2.05) is 18.3 Å². The van der Waals surface area contributed by atoms with Gasteiger partial charge in [-0.3, -0.25) is 14.7 Å². The van der Waals surface area contributed by atoms with Gasteiger partial charge in [0, 0.05) is 11.7 Å². The average molecular weight is 296 g/mol. The molecule has 22 heavy (non-hydrogen) atoms. The number of carbonyl (C=O) groups excluding carboxylic acids is 1. The summed E-state index contributed by atoms with van der Waals surface area (Å²) in [4.78, 5) is 17.5. The van der Waals surface area contributed by atoms with Crippen molar-refractivity contribution < 1.29 is 9.63 Å². The summed E-state index contributed by atoms with van der Waals surface area (Å²) in [5.74, 6) is -0.183. The summed E-state index contributed by atoms with van der Waals surface area (Å²) in [6, 6.07) is 12.1. The maximum atomic E-state index is 12.2. The van der Waals surface area contributed by atoms with Crippen LogP contribution in [0.2, 0.25) is 0 Å². The van der Waals surface area contributed by atoms with Crippen molar-refractivity contribution >= 4 is 16.8 Å². The first-order valence-corrected chi connectivity index (χ1v) is 7.34. The number of hydrogen-bond acceptors (Lipinski definition) is 3. The first-order valence-electron chi connectivity index (χ1n) is 7.34. The molecule has 1 saturated heterocycles. The number of benzene rings is 1. The zero-order valence-electron chi connectivity index (χ0n) is 12.0. The molecule has 0 atom stereocenters. The highest BCUT2D eigenvalue weighted by Crippen LogP contribution is 2.17. The van der Waals surface area contributed by atoms with Gasteiger partial charge in [-0.15, -0.1) is 0 Å². The maximum absolute atomic E-state index is 12.2. The SMILES string of the molecule is O=C(c1cc(Cn2ccc3ccccc32)[nH]n1)N1CCCO1. The molecule has 2 aromatic heterocycles. The molecule has 1 aliphatic rings. The molecule has 0 saturated carbocycles. The number of H-pyrrole nitrogens is 1. The number of hydroxylamine groups is 2. The van der Waals surface area contributed by atoms with Crippen molar-refractivity contribution in [1.29, 1.82) is 0 Å². The molecule has 4 rings (SSSR count). The van der Waals surface area contributed by atoms with Crippen molar-refractivity contribution in [3.05, 3.63) is 54.0 Å². The fourth-order valence-electron chi connectivity index (χ4n) is 2.75. The normalized spacial score (nSPS) is 14.8. The van der Waals surface area contributed by atoms with Gasteiger partial charge in [0.1, 0.15) is 0 Å². The Morgan fingerprint density at radius 2 is 2.23 bits per heavy atom. The first-order chi connectivity index (χ1) is 10.8. The van der Waals surface area contributed by atoms with Gasteiger partial charge < -0.3 is 4.57 Å². The smallest absolute Gasteiger partial charge is 0.297 e. The van der Waals surface area contributed by atoms with Crippen LogP contribution in [0, 0.1) is 0 Å². The van der Waals surface area contributed by atoms with Crippen LogP contribution in [0.25, 0.3) is 10.9 Å². The summed E-state index contributed by atoms with van der Waals surface area (Å²) in [5, 5.41) is 9.63. The lowest BCUT2D eigenvalue weighted by Crippen LogP contribution is -2.26. The third-order valence-electron chi connectivity index (χ3n) is 3.85. The van der Waals surface area contributed by atoms with E-state index in [-0.39, 0.29) is 5.91 Å². The number of aromatic amines is 1. The molecule has 0 bridgehead atoms. The Bertz CT molecular complexity index is 814. The van der Waals surface area contributed by atoms with Crippen LogP contribution in [0.1, 0.15) is 22.6 Å². The van der Waals surface area contributed by atoms with Gasteiger partial charge in [0.25, 0.3) is 5.91 Å². The Morgan fingerprint density at radius 3 is 3.09 bits per heavy atom. The Labute approximate surface area is 127 Å². The molecule has 3 aromatic rings. The zero-order chi connectivity index (χ0) is 14.9. The number of para-hydroxylation sites is 1. The molecule has 0 radical (unpaired) electrons. The third-order valence-corrected chi connectivity index (χ3v) is 3.85. The number of hydrogen-bond donors (Lipinski definition) is 1. The largest absolute Gasteiger partial charge is 0.341 e. The Kier molecular flexibility index (Phi) is 3.16. The van der Waals surface area contributed by atoms with Gasteiger partial charge in [-0.2, -0.15) is 5.10 Å². The van der Waals surface area contributed by atoms with Crippen molar-refractivity contribution in [2.75, 3.05) is 13.2 Å². The topological polar surface area (TPSA) is 63.2 Å². The van der Waals surface area contributed by atoms with Gasteiger partial charge in [0.15, 0.2) is 5.69 Å². The summed E-state index contributed by atoms with van der Waals surface area (Å²) in [5.41, 5.74) is 2.45. The summed E-state index contributed by atoms with van der Waals surface area (Å²) in [6.45, 7) is 1.87. The molecule has 1 aliphatic heterocycles. The molecule has 1 N–H and O–H groups in total. The predicted octanol–water partition coefficient (Wildman–Crippen LogP) is 2.19. The minimum atomic E-state index is -0.183. The van der Waals surface area contributed by atoms with Crippen LogP contribution >= 0.6 is 0 Å². The van der Waals surface area contributed by atoms with Crippen molar-refractivity contribution in [2.24, 2.45) is 0 Å².